The number of piperazine rings is 1. The zero-order valence-electron chi connectivity index (χ0n) is 18.8. The van der Waals surface area contributed by atoms with Crippen molar-refractivity contribution in [2.24, 2.45) is 0 Å². The molecular formula is C24H22F3N5O4. The van der Waals surface area contributed by atoms with Gasteiger partial charge in [-0.05, 0) is 48.5 Å². The third-order valence-electron chi connectivity index (χ3n) is 5.33. The Labute approximate surface area is 203 Å². The lowest BCUT2D eigenvalue weighted by Gasteiger charge is -2.31. The lowest BCUT2D eigenvalue weighted by atomic mass is 10.1. The highest BCUT2D eigenvalue weighted by Crippen LogP contribution is 2.35. The first-order valence-electron chi connectivity index (χ1n) is 10.9. The van der Waals surface area contributed by atoms with Gasteiger partial charge >= 0.3 is 18.2 Å². The standard InChI is InChI=1S/C24H22F3N5O4/c25-24(26,27)15-1-6-21(32-11-9-28-10-12-32)19(13-15)31-23(35)30-16-2-4-17(5-3-16)36-18-7-8-29-20(14-18)22(33)34/h1-8,13-14,28H,9-12H2,(H,33,34)(H2,30,31,35). The van der Waals surface area contributed by atoms with Crippen LogP contribution in [-0.2, 0) is 6.18 Å². The fraction of sp³-hybridized carbons (Fsp3) is 0.208. The average Bonchev–Trinajstić information content (AvgIpc) is 2.85. The number of urea groups is 1. The predicted octanol–water partition coefficient (Wildman–Crippen LogP) is 4.64. The summed E-state index contributed by atoms with van der Waals surface area (Å²) in [5, 5.41) is 17.3. The minimum absolute atomic E-state index is 0.0519. The Morgan fingerprint density at radius 2 is 1.69 bits per heavy atom. The monoisotopic (exact) mass is 501 g/mol. The second-order valence-electron chi connectivity index (χ2n) is 7.85. The van der Waals surface area contributed by atoms with Gasteiger partial charge in [0.05, 0.1) is 16.9 Å². The van der Waals surface area contributed by atoms with Crippen LogP contribution >= 0.6 is 0 Å². The average molecular weight is 501 g/mol. The summed E-state index contributed by atoms with van der Waals surface area (Å²) < 4.78 is 45.5. The Morgan fingerprint density at radius 1 is 0.972 bits per heavy atom. The molecule has 188 valence electrons. The summed E-state index contributed by atoms with van der Waals surface area (Å²) in [7, 11) is 0. The van der Waals surface area contributed by atoms with Gasteiger partial charge in [-0.25, -0.2) is 14.6 Å². The Hall–Kier alpha value is -4.32. The summed E-state index contributed by atoms with van der Waals surface area (Å²) in [5.41, 5.74) is -0.105. The summed E-state index contributed by atoms with van der Waals surface area (Å²) in [6.45, 7) is 2.54. The smallest absolute Gasteiger partial charge is 0.416 e. The molecule has 1 fully saturated rings. The third-order valence-corrected chi connectivity index (χ3v) is 5.33. The van der Waals surface area contributed by atoms with E-state index in [1.807, 2.05) is 4.90 Å². The topological polar surface area (TPSA) is 116 Å². The van der Waals surface area contributed by atoms with Crippen molar-refractivity contribution in [1.82, 2.24) is 10.3 Å². The van der Waals surface area contributed by atoms with Crippen molar-refractivity contribution in [1.29, 1.82) is 0 Å². The van der Waals surface area contributed by atoms with Crippen LogP contribution in [0.25, 0.3) is 0 Å². The number of aromatic carboxylic acids is 1. The van der Waals surface area contributed by atoms with E-state index in [0.29, 0.717) is 43.3 Å². The minimum atomic E-state index is -4.55. The van der Waals surface area contributed by atoms with Crippen LogP contribution in [0.2, 0.25) is 0 Å². The second kappa shape index (κ2) is 10.5. The van der Waals surface area contributed by atoms with Gasteiger partial charge in [0.15, 0.2) is 5.69 Å². The number of benzene rings is 2. The number of nitrogens with zero attached hydrogens (tertiary/aromatic N) is 2. The van der Waals surface area contributed by atoms with E-state index in [9.17, 15) is 22.8 Å². The maximum Gasteiger partial charge on any atom is 0.416 e. The highest BCUT2D eigenvalue weighted by molar-refractivity contribution is 6.02. The number of rotatable bonds is 6. The van der Waals surface area contributed by atoms with E-state index in [4.69, 9.17) is 9.84 Å². The van der Waals surface area contributed by atoms with Gasteiger partial charge in [0.2, 0.25) is 0 Å². The number of aromatic nitrogens is 1. The summed E-state index contributed by atoms with van der Waals surface area (Å²) >= 11 is 0. The van der Waals surface area contributed by atoms with Gasteiger partial charge < -0.3 is 30.7 Å². The van der Waals surface area contributed by atoms with Gasteiger partial charge in [-0.2, -0.15) is 13.2 Å². The Kier molecular flexibility index (Phi) is 7.25. The summed E-state index contributed by atoms with van der Waals surface area (Å²) in [5.74, 6) is -0.542. The van der Waals surface area contributed by atoms with Gasteiger partial charge in [-0.15, -0.1) is 0 Å². The maximum absolute atomic E-state index is 13.3. The molecule has 3 aromatic rings. The summed E-state index contributed by atoms with van der Waals surface area (Å²) in [6, 6.07) is 11.5. The van der Waals surface area contributed by atoms with Crippen LogP contribution in [0.4, 0.5) is 35.0 Å². The van der Waals surface area contributed by atoms with Crippen LogP contribution in [0.3, 0.4) is 0 Å². The second-order valence-corrected chi connectivity index (χ2v) is 7.85. The van der Waals surface area contributed by atoms with Crippen molar-refractivity contribution < 1.29 is 32.6 Å². The van der Waals surface area contributed by atoms with Crippen LogP contribution in [0.5, 0.6) is 11.5 Å². The summed E-state index contributed by atoms with van der Waals surface area (Å²) in [4.78, 5) is 29.3. The molecule has 1 aliphatic heterocycles. The highest BCUT2D eigenvalue weighted by Gasteiger charge is 2.32. The lowest BCUT2D eigenvalue weighted by Crippen LogP contribution is -2.44. The van der Waals surface area contributed by atoms with Crippen molar-refractivity contribution in [2.45, 2.75) is 6.18 Å². The van der Waals surface area contributed by atoms with E-state index in [2.05, 4.69) is 20.9 Å². The molecule has 1 aliphatic rings. The Morgan fingerprint density at radius 3 is 2.36 bits per heavy atom. The SMILES string of the molecule is O=C(Nc1ccc(Oc2ccnc(C(=O)O)c2)cc1)Nc1cc(C(F)(F)F)ccc1N1CCNCC1. The Balaban J connectivity index is 1.45. The zero-order valence-corrected chi connectivity index (χ0v) is 18.8. The molecule has 1 saturated heterocycles. The van der Waals surface area contributed by atoms with E-state index >= 15 is 0 Å². The van der Waals surface area contributed by atoms with Crippen molar-refractivity contribution in [3.63, 3.8) is 0 Å². The van der Waals surface area contributed by atoms with Crippen LogP contribution in [-0.4, -0.2) is 48.3 Å². The normalized spacial score (nSPS) is 13.7. The predicted molar refractivity (Wildman–Crippen MR) is 127 cm³/mol. The van der Waals surface area contributed by atoms with Gasteiger partial charge in [0.1, 0.15) is 11.5 Å². The number of carboxylic acid groups (broad SMARTS) is 1. The number of hydrogen-bond donors (Lipinski definition) is 4. The third kappa shape index (κ3) is 6.21. The van der Waals surface area contributed by atoms with E-state index < -0.39 is 23.7 Å². The molecule has 4 rings (SSSR count). The van der Waals surface area contributed by atoms with E-state index in [1.165, 1.54) is 36.5 Å². The molecule has 2 heterocycles. The highest BCUT2D eigenvalue weighted by atomic mass is 19.4. The molecule has 12 heteroatoms. The Bertz CT molecular complexity index is 1250. The quantitative estimate of drug-likeness (QED) is 0.389. The van der Waals surface area contributed by atoms with Gasteiger partial charge in [0.25, 0.3) is 0 Å². The lowest BCUT2D eigenvalue weighted by molar-refractivity contribution is -0.137. The van der Waals surface area contributed by atoms with Crippen molar-refractivity contribution in [3.05, 3.63) is 72.1 Å². The number of anilines is 3. The summed E-state index contributed by atoms with van der Waals surface area (Å²) in [6.07, 6.45) is -3.24. The number of carboxylic acids is 1. The number of alkyl halides is 3. The minimum Gasteiger partial charge on any atom is -0.477 e. The van der Waals surface area contributed by atoms with E-state index in [1.54, 1.807) is 12.1 Å². The number of halogens is 3. The number of nitrogens with one attached hydrogen (secondary N) is 3. The first kappa shape index (κ1) is 24.8. The molecule has 0 atom stereocenters. The fourth-order valence-electron chi connectivity index (χ4n) is 3.61. The zero-order chi connectivity index (χ0) is 25.7. The van der Waals surface area contributed by atoms with Gasteiger partial charge in [-0.1, -0.05) is 0 Å². The maximum atomic E-state index is 13.3. The van der Waals surface area contributed by atoms with Crippen molar-refractivity contribution in [3.8, 4) is 11.5 Å². The van der Waals surface area contributed by atoms with Crippen molar-refractivity contribution in [2.75, 3.05) is 41.7 Å². The van der Waals surface area contributed by atoms with Crippen LogP contribution in [0.1, 0.15) is 16.1 Å². The number of pyridine rings is 1. The molecular weight excluding hydrogens is 479 g/mol. The molecule has 0 spiro atoms. The number of ether oxygens (including phenoxy) is 1. The molecule has 36 heavy (non-hydrogen) atoms. The first-order valence-corrected chi connectivity index (χ1v) is 10.9. The largest absolute Gasteiger partial charge is 0.477 e. The van der Waals surface area contributed by atoms with Gasteiger partial charge in [0, 0.05) is 44.1 Å². The molecule has 0 radical (unpaired) electrons. The number of carbonyl (C=O) groups excluding carboxylic acids is 1. The molecule has 1 aromatic heterocycles. The van der Waals surface area contributed by atoms with Crippen molar-refractivity contribution >= 4 is 29.1 Å². The van der Waals surface area contributed by atoms with E-state index in [-0.39, 0.29) is 17.1 Å². The fourth-order valence-corrected chi connectivity index (χ4v) is 3.61. The van der Waals surface area contributed by atoms with E-state index in [0.717, 1.165) is 12.1 Å². The molecule has 0 saturated carbocycles. The molecule has 0 aliphatic carbocycles. The van der Waals surface area contributed by atoms with Crippen LogP contribution in [0.15, 0.2) is 60.8 Å². The molecule has 2 amide bonds. The van der Waals surface area contributed by atoms with Crippen LogP contribution < -0.4 is 25.6 Å². The molecule has 0 bridgehead atoms. The van der Waals surface area contributed by atoms with Crippen LogP contribution in [0, 0.1) is 0 Å². The number of amides is 2. The first-order chi connectivity index (χ1) is 17.2. The number of carbonyl (C=O) groups is 2. The number of hydrogen-bond acceptors (Lipinski definition) is 6. The molecule has 0 unspecified atom stereocenters. The molecule has 9 nitrogen and oxygen atoms in total. The molecule has 4 N–H and O–H groups in total. The van der Waals surface area contributed by atoms with Gasteiger partial charge in [-0.3, -0.25) is 0 Å². The molecule has 2 aromatic carbocycles.